The topological polar surface area (TPSA) is 64.7 Å². The van der Waals surface area contributed by atoms with E-state index in [4.69, 9.17) is 24.4 Å². The predicted molar refractivity (Wildman–Crippen MR) is 399 cm³/mol. The third-order valence-corrected chi connectivity index (χ3v) is 22.3. The third-order valence-electron chi connectivity index (χ3n) is 22.3. The van der Waals surface area contributed by atoms with Crippen LogP contribution in [0.2, 0.25) is 0 Å². The zero-order valence-corrected chi connectivity index (χ0v) is 54.8. The number of aromatic nitrogens is 4. The SMILES string of the molecule is CC1(C)c2ccccc2-c2ccc(-c3nc4c(nc3-c3ccc(-c5ccc6c7c(ccc6c5)C(C)(C)c5cc(-c6ccc8c(c6)oc6nc(-c9ccccc9)c(-c9ccc(-c%10ccc%11c%12c(ccc%11c%10)C(C)(C)c%10ccccc%10-%12)cc9)nc68)ccc5-7)cc3)-c3ccccc3C4)cc21. The molecule has 0 unspecified atom stereocenters. The van der Waals surface area contributed by atoms with Crippen LogP contribution in [0.4, 0.5) is 0 Å². The van der Waals surface area contributed by atoms with E-state index in [0.717, 1.165) is 102 Å². The average molecular weight is 1240 g/mol. The number of benzene rings is 13. The normalized spacial score (nSPS) is 14.5. The predicted octanol–water partition coefficient (Wildman–Crippen LogP) is 23.6. The van der Waals surface area contributed by atoms with Crippen molar-refractivity contribution in [1.82, 2.24) is 19.9 Å². The molecule has 3 heterocycles. The van der Waals surface area contributed by atoms with E-state index in [-0.39, 0.29) is 16.2 Å². The number of nitrogens with zero attached hydrogens (tertiary/aromatic N) is 4. The van der Waals surface area contributed by atoms with Crippen molar-refractivity contribution in [2.75, 3.05) is 0 Å². The summed E-state index contributed by atoms with van der Waals surface area (Å²) in [4.78, 5) is 21.8. The van der Waals surface area contributed by atoms with Gasteiger partial charge in [-0.3, -0.25) is 0 Å². The minimum atomic E-state index is -0.230. The van der Waals surface area contributed by atoms with E-state index in [2.05, 4.69) is 302 Å². The van der Waals surface area contributed by atoms with Gasteiger partial charge in [0.25, 0.3) is 0 Å². The molecular formula is C92H64N4O. The van der Waals surface area contributed by atoms with Gasteiger partial charge in [-0.25, -0.2) is 19.9 Å². The van der Waals surface area contributed by atoms with Gasteiger partial charge >= 0.3 is 0 Å². The summed E-state index contributed by atoms with van der Waals surface area (Å²) < 4.78 is 6.73. The van der Waals surface area contributed by atoms with Gasteiger partial charge < -0.3 is 4.42 Å². The first-order valence-corrected chi connectivity index (χ1v) is 34.0. The molecule has 4 aliphatic carbocycles. The van der Waals surface area contributed by atoms with Crippen LogP contribution in [0.25, 0.3) is 167 Å². The van der Waals surface area contributed by atoms with Gasteiger partial charge in [0.15, 0.2) is 0 Å². The summed E-state index contributed by atoms with van der Waals surface area (Å²) in [6, 6.07) is 98.2. The fraction of sp³-hybridized carbons (Fsp3) is 0.109. The smallest absolute Gasteiger partial charge is 0.246 e. The van der Waals surface area contributed by atoms with Gasteiger partial charge in [0.1, 0.15) is 16.8 Å². The Morgan fingerprint density at radius 1 is 0.278 bits per heavy atom. The van der Waals surface area contributed by atoms with Gasteiger partial charge in [0.05, 0.1) is 28.5 Å². The summed E-state index contributed by atoms with van der Waals surface area (Å²) in [6.45, 7) is 14.1. The molecule has 0 spiro atoms. The lowest BCUT2D eigenvalue weighted by Gasteiger charge is -2.22. The maximum absolute atomic E-state index is 6.73. The first kappa shape index (κ1) is 55.8. The maximum atomic E-state index is 6.73. The van der Waals surface area contributed by atoms with Gasteiger partial charge in [-0.1, -0.05) is 272 Å². The molecule has 0 saturated heterocycles. The van der Waals surface area contributed by atoms with E-state index in [1.54, 1.807) is 0 Å². The summed E-state index contributed by atoms with van der Waals surface area (Å²) in [7, 11) is 0. The fourth-order valence-corrected chi connectivity index (χ4v) is 17.2. The van der Waals surface area contributed by atoms with E-state index < -0.39 is 0 Å². The van der Waals surface area contributed by atoms with Crippen LogP contribution in [0.5, 0.6) is 0 Å². The second-order valence-electron chi connectivity index (χ2n) is 28.8. The van der Waals surface area contributed by atoms with Crippen LogP contribution in [-0.4, -0.2) is 19.9 Å². The maximum Gasteiger partial charge on any atom is 0.246 e. The lowest BCUT2D eigenvalue weighted by molar-refractivity contribution is 0.654. The van der Waals surface area contributed by atoms with Crippen LogP contribution >= 0.6 is 0 Å². The minimum absolute atomic E-state index is 0.0362. The molecule has 0 aliphatic heterocycles. The van der Waals surface area contributed by atoms with E-state index in [0.29, 0.717) is 5.71 Å². The molecule has 16 aromatic rings. The first-order valence-electron chi connectivity index (χ1n) is 34.0. The Kier molecular flexibility index (Phi) is 11.6. The highest BCUT2D eigenvalue weighted by Gasteiger charge is 2.39. The molecule has 458 valence electrons. The molecule has 5 nitrogen and oxygen atoms in total. The van der Waals surface area contributed by atoms with Crippen molar-refractivity contribution < 1.29 is 4.42 Å². The number of hydrogen-bond acceptors (Lipinski definition) is 5. The lowest BCUT2D eigenvalue weighted by Crippen LogP contribution is -2.15. The molecule has 4 aliphatic rings. The zero-order chi connectivity index (χ0) is 64.8. The Morgan fingerprint density at radius 2 is 0.711 bits per heavy atom. The number of rotatable bonds is 7. The Balaban J connectivity index is 0.606. The van der Waals surface area contributed by atoms with Crippen LogP contribution in [0.3, 0.4) is 0 Å². The largest absolute Gasteiger partial charge is 0.436 e. The van der Waals surface area contributed by atoms with Gasteiger partial charge in [-0.2, -0.15) is 0 Å². The number of furan rings is 1. The first-order chi connectivity index (χ1) is 47.3. The van der Waals surface area contributed by atoms with Gasteiger partial charge in [0, 0.05) is 55.9 Å². The molecule has 0 amide bonds. The van der Waals surface area contributed by atoms with E-state index >= 15 is 0 Å². The summed E-state index contributed by atoms with van der Waals surface area (Å²) in [5.41, 5.74) is 36.5. The molecule has 0 saturated carbocycles. The van der Waals surface area contributed by atoms with Crippen LogP contribution in [0, 0.1) is 0 Å². The average Bonchev–Trinajstić information content (AvgIpc) is 1.59. The Labute approximate surface area is 563 Å². The number of hydrogen-bond donors (Lipinski definition) is 0. The Bertz CT molecular complexity index is 6110. The highest BCUT2D eigenvalue weighted by atomic mass is 16.3. The van der Waals surface area contributed by atoms with E-state index in [9.17, 15) is 0 Å². The quantitative estimate of drug-likeness (QED) is 0.159. The molecule has 0 fully saturated rings. The van der Waals surface area contributed by atoms with Crippen LogP contribution in [0.15, 0.2) is 271 Å². The van der Waals surface area contributed by atoms with Gasteiger partial charge in [0.2, 0.25) is 5.71 Å². The lowest BCUT2D eigenvalue weighted by atomic mass is 9.81. The van der Waals surface area contributed by atoms with Crippen molar-refractivity contribution in [1.29, 1.82) is 0 Å². The van der Waals surface area contributed by atoms with Crippen molar-refractivity contribution in [2.24, 2.45) is 0 Å². The summed E-state index contributed by atoms with van der Waals surface area (Å²) in [6.07, 6.45) is 0.780. The summed E-state index contributed by atoms with van der Waals surface area (Å²) >= 11 is 0. The van der Waals surface area contributed by atoms with E-state index in [1.165, 1.54) is 111 Å². The van der Waals surface area contributed by atoms with Crippen LogP contribution in [0.1, 0.15) is 86.2 Å². The fourth-order valence-electron chi connectivity index (χ4n) is 17.2. The zero-order valence-electron chi connectivity index (χ0n) is 54.8. The second kappa shape index (κ2) is 20.2. The molecule has 3 aromatic heterocycles. The van der Waals surface area contributed by atoms with Crippen LogP contribution in [-0.2, 0) is 22.7 Å². The minimum Gasteiger partial charge on any atom is -0.436 e. The highest BCUT2D eigenvalue weighted by molar-refractivity contribution is 6.07. The molecule has 97 heavy (non-hydrogen) atoms. The monoisotopic (exact) mass is 1240 g/mol. The Morgan fingerprint density at radius 3 is 1.39 bits per heavy atom. The van der Waals surface area contributed by atoms with Crippen molar-refractivity contribution in [3.8, 4) is 123 Å². The summed E-state index contributed by atoms with van der Waals surface area (Å²) in [5, 5.41) is 5.95. The molecule has 5 heteroatoms. The molecular weight excluding hydrogens is 1180 g/mol. The van der Waals surface area contributed by atoms with Gasteiger partial charge in [-0.15, -0.1) is 0 Å². The standard InChI is InChI=1S/C92H64N4O/c1-90(2)74-23-15-13-21-70(74)81-65-39-32-57(46-62(65)37-44-75(81)90)52-24-28-55(29-25-52)83-85(54-16-8-7-9-17-54)96-89-88(95-83)72-43-35-60(51-80(72)97-89)59-34-42-71-78(48-59)92(5,6)76-45-38-63-47-58(33-40-66(63)82(71)76)53-26-30-56(31-27-53)84-86(93-79-50-61-18-10-11-19-67(61)87(79)94-84)64-36-41-69-68-20-12-14-22-73(68)91(3,4)77(69)49-64/h7-49,51H,50H2,1-6H3. The molecule has 0 N–H and O–H groups in total. The molecule has 0 radical (unpaired) electrons. The molecule has 13 aromatic carbocycles. The Hall–Kier alpha value is -11.7. The van der Waals surface area contributed by atoms with E-state index in [1.807, 2.05) is 6.07 Å². The molecule has 20 rings (SSSR count). The van der Waals surface area contributed by atoms with Gasteiger partial charge in [-0.05, 0) is 164 Å². The van der Waals surface area contributed by atoms with Crippen LogP contribution < -0.4 is 0 Å². The van der Waals surface area contributed by atoms with Crippen molar-refractivity contribution >= 4 is 43.7 Å². The van der Waals surface area contributed by atoms with Crippen molar-refractivity contribution in [3.63, 3.8) is 0 Å². The van der Waals surface area contributed by atoms with Crippen molar-refractivity contribution in [2.45, 2.75) is 64.2 Å². The highest BCUT2D eigenvalue weighted by Crippen LogP contribution is 2.55. The van der Waals surface area contributed by atoms with Crippen molar-refractivity contribution in [3.05, 3.63) is 312 Å². The second-order valence-corrected chi connectivity index (χ2v) is 28.8. The third kappa shape index (κ3) is 8.18. The molecule has 0 bridgehead atoms. The molecule has 0 atom stereocenters. The number of fused-ring (bicyclic) bond motifs is 19. The summed E-state index contributed by atoms with van der Waals surface area (Å²) in [5.74, 6) is 0.